The number of benzene rings is 2. The molecule has 0 saturated heterocycles. The summed E-state index contributed by atoms with van der Waals surface area (Å²) in [6.07, 6.45) is 0. The van der Waals surface area contributed by atoms with E-state index in [-0.39, 0.29) is 23.3 Å². The first-order valence-corrected chi connectivity index (χ1v) is 11.2. The van der Waals surface area contributed by atoms with Crippen molar-refractivity contribution in [1.82, 2.24) is 10.0 Å². The standard InChI is InChI=1S/C18H16BrClN2O7S/c19-12-2-4-16(13(20)6-12)30(25,26)22-8-18(24)27-9-17(23)21-7-11-1-3-14-15(5-11)29-10-28-14/h1-6,22H,7-10H2,(H,21,23). The normalized spacial score (nSPS) is 12.5. The summed E-state index contributed by atoms with van der Waals surface area (Å²) in [7, 11) is -4.02. The first-order chi connectivity index (χ1) is 14.2. The van der Waals surface area contributed by atoms with Gasteiger partial charge < -0.3 is 19.5 Å². The molecule has 0 radical (unpaired) electrons. The van der Waals surface area contributed by atoms with Gasteiger partial charge in [0, 0.05) is 11.0 Å². The van der Waals surface area contributed by atoms with Gasteiger partial charge in [-0.3, -0.25) is 9.59 Å². The molecule has 1 amide bonds. The van der Waals surface area contributed by atoms with Crippen LogP contribution >= 0.6 is 27.5 Å². The zero-order valence-electron chi connectivity index (χ0n) is 15.3. The number of sulfonamides is 1. The first-order valence-electron chi connectivity index (χ1n) is 8.50. The second kappa shape index (κ2) is 9.65. The number of amides is 1. The number of ether oxygens (including phenoxy) is 3. The Morgan fingerprint density at radius 2 is 1.90 bits per heavy atom. The van der Waals surface area contributed by atoms with Crippen molar-refractivity contribution in [2.45, 2.75) is 11.4 Å². The molecule has 2 N–H and O–H groups in total. The van der Waals surface area contributed by atoms with E-state index < -0.39 is 35.1 Å². The van der Waals surface area contributed by atoms with Crippen molar-refractivity contribution in [3.8, 4) is 11.5 Å². The summed E-state index contributed by atoms with van der Waals surface area (Å²) in [6.45, 7) is -0.852. The van der Waals surface area contributed by atoms with Gasteiger partial charge in [-0.1, -0.05) is 33.6 Å². The van der Waals surface area contributed by atoms with Crippen molar-refractivity contribution in [1.29, 1.82) is 0 Å². The van der Waals surface area contributed by atoms with E-state index in [1.54, 1.807) is 18.2 Å². The Morgan fingerprint density at radius 1 is 1.13 bits per heavy atom. The molecule has 2 aromatic carbocycles. The average molecular weight is 520 g/mol. The fourth-order valence-corrected chi connectivity index (χ4v) is 4.43. The highest BCUT2D eigenvalue weighted by molar-refractivity contribution is 9.10. The second-order valence-electron chi connectivity index (χ2n) is 6.02. The molecule has 12 heteroatoms. The minimum atomic E-state index is -4.02. The lowest BCUT2D eigenvalue weighted by atomic mass is 10.2. The molecule has 0 aliphatic carbocycles. The number of nitrogens with one attached hydrogen (secondary N) is 2. The highest BCUT2D eigenvalue weighted by Crippen LogP contribution is 2.32. The monoisotopic (exact) mass is 518 g/mol. The maximum absolute atomic E-state index is 12.2. The molecule has 30 heavy (non-hydrogen) atoms. The zero-order chi connectivity index (χ0) is 21.7. The molecule has 2 aromatic rings. The minimum absolute atomic E-state index is 0.00635. The topological polar surface area (TPSA) is 120 Å². The Balaban J connectivity index is 1.42. The maximum atomic E-state index is 12.2. The summed E-state index contributed by atoms with van der Waals surface area (Å²) in [5.74, 6) is -0.234. The quantitative estimate of drug-likeness (QED) is 0.512. The van der Waals surface area contributed by atoms with E-state index in [0.29, 0.717) is 16.0 Å². The van der Waals surface area contributed by atoms with Gasteiger partial charge in [-0.2, -0.15) is 4.72 Å². The number of rotatable bonds is 8. The van der Waals surface area contributed by atoms with Crippen LogP contribution in [0.5, 0.6) is 11.5 Å². The molecule has 0 unspecified atom stereocenters. The van der Waals surface area contributed by atoms with E-state index in [9.17, 15) is 18.0 Å². The summed E-state index contributed by atoms with van der Waals surface area (Å²) < 4.78 is 42.4. The van der Waals surface area contributed by atoms with Crippen molar-refractivity contribution in [3.05, 3.63) is 51.5 Å². The molecule has 160 valence electrons. The van der Waals surface area contributed by atoms with Crippen molar-refractivity contribution in [3.63, 3.8) is 0 Å². The predicted octanol–water partition coefficient (Wildman–Crippen LogP) is 1.97. The van der Waals surface area contributed by atoms with Crippen LogP contribution in [0, 0.1) is 0 Å². The summed E-state index contributed by atoms with van der Waals surface area (Å²) in [4.78, 5) is 23.4. The Kier molecular flexibility index (Phi) is 7.19. The van der Waals surface area contributed by atoms with Gasteiger partial charge in [-0.05, 0) is 35.9 Å². The molecule has 1 heterocycles. The Bertz CT molecular complexity index is 1080. The highest BCUT2D eigenvalue weighted by Gasteiger charge is 2.20. The second-order valence-corrected chi connectivity index (χ2v) is 9.08. The molecule has 1 aliphatic rings. The van der Waals surface area contributed by atoms with Crippen molar-refractivity contribution < 1.29 is 32.2 Å². The SMILES string of the molecule is O=C(COC(=O)CNS(=O)(=O)c1ccc(Br)cc1Cl)NCc1ccc2c(c1)OCO2. The lowest BCUT2D eigenvalue weighted by Crippen LogP contribution is -2.33. The van der Waals surface area contributed by atoms with E-state index in [4.69, 9.17) is 25.8 Å². The number of hydrogen-bond donors (Lipinski definition) is 2. The van der Waals surface area contributed by atoms with Gasteiger partial charge in [0.05, 0.1) is 5.02 Å². The molecular formula is C18H16BrClN2O7S. The van der Waals surface area contributed by atoms with Crippen LogP contribution in [-0.4, -0.2) is 40.2 Å². The van der Waals surface area contributed by atoms with Gasteiger partial charge in [0.1, 0.15) is 11.4 Å². The molecule has 1 aliphatic heterocycles. The van der Waals surface area contributed by atoms with Crippen LogP contribution in [0.15, 0.2) is 45.8 Å². The fraction of sp³-hybridized carbons (Fsp3) is 0.222. The number of halogens is 2. The van der Waals surface area contributed by atoms with E-state index >= 15 is 0 Å². The van der Waals surface area contributed by atoms with Crippen LogP contribution in [0.3, 0.4) is 0 Å². The highest BCUT2D eigenvalue weighted by atomic mass is 79.9. The van der Waals surface area contributed by atoms with Crippen LogP contribution in [-0.2, 0) is 30.9 Å². The summed E-state index contributed by atoms with van der Waals surface area (Å²) in [5.41, 5.74) is 0.776. The number of hydrogen-bond acceptors (Lipinski definition) is 7. The van der Waals surface area contributed by atoms with E-state index in [0.717, 1.165) is 5.56 Å². The molecule has 9 nitrogen and oxygen atoms in total. The lowest BCUT2D eigenvalue weighted by Gasteiger charge is -2.09. The van der Waals surface area contributed by atoms with Crippen LogP contribution in [0.1, 0.15) is 5.56 Å². The summed E-state index contributed by atoms with van der Waals surface area (Å²) in [5, 5.41) is 2.58. The Labute approximate surface area is 185 Å². The van der Waals surface area contributed by atoms with Gasteiger partial charge in [0.2, 0.25) is 16.8 Å². The Hall–Kier alpha value is -2.34. The van der Waals surface area contributed by atoms with Gasteiger partial charge >= 0.3 is 5.97 Å². The fourth-order valence-electron chi connectivity index (χ4n) is 2.42. The first kappa shape index (κ1) is 22.3. The zero-order valence-corrected chi connectivity index (χ0v) is 18.5. The minimum Gasteiger partial charge on any atom is -0.455 e. The third kappa shape index (κ3) is 5.85. The van der Waals surface area contributed by atoms with E-state index in [1.165, 1.54) is 18.2 Å². The smallest absolute Gasteiger partial charge is 0.321 e. The third-order valence-electron chi connectivity index (χ3n) is 3.88. The van der Waals surface area contributed by atoms with Gasteiger partial charge in [0.15, 0.2) is 18.1 Å². The Morgan fingerprint density at radius 3 is 2.67 bits per heavy atom. The summed E-state index contributed by atoms with van der Waals surface area (Å²) in [6, 6.07) is 9.44. The van der Waals surface area contributed by atoms with Crippen LogP contribution in [0.2, 0.25) is 5.02 Å². The average Bonchev–Trinajstić information content (AvgIpc) is 3.16. The molecule has 3 rings (SSSR count). The van der Waals surface area contributed by atoms with E-state index in [2.05, 4.69) is 26.0 Å². The molecule has 0 saturated carbocycles. The lowest BCUT2D eigenvalue weighted by molar-refractivity contribution is -0.147. The summed E-state index contributed by atoms with van der Waals surface area (Å²) >= 11 is 9.09. The number of esters is 1. The number of carbonyl (C=O) groups is 2. The molecule has 0 fully saturated rings. The number of carbonyl (C=O) groups excluding carboxylic acids is 2. The van der Waals surface area contributed by atoms with Crippen LogP contribution in [0.25, 0.3) is 0 Å². The van der Waals surface area contributed by atoms with Crippen molar-refractivity contribution >= 4 is 49.4 Å². The number of fused-ring (bicyclic) bond motifs is 1. The van der Waals surface area contributed by atoms with Crippen LogP contribution < -0.4 is 19.5 Å². The molecule has 0 spiro atoms. The molecule has 0 bridgehead atoms. The van der Waals surface area contributed by atoms with Crippen molar-refractivity contribution in [2.75, 3.05) is 19.9 Å². The largest absolute Gasteiger partial charge is 0.455 e. The predicted molar refractivity (Wildman–Crippen MR) is 110 cm³/mol. The molecule has 0 aromatic heterocycles. The third-order valence-corrected chi connectivity index (χ3v) is 6.26. The molecule has 0 atom stereocenters. The van der Waals surface area contributed by atoms with Gasteiger partial charge in [-0.15, -0.1) is 0 Å². The van der Waals surface area contributed by atoms with E-state index in [1.807, 2.05) is 0 Å². The van der Waals surface area contributed by atoms with Gasteiger partial charge in [-0.25, -0.2) is 8.42 Å². The van der Waals surface area contributed by atoms with Crippen LogP contribution in [0.4, 0.5) is 0 Å². The molecular weight excluding hydrogens is 504 g/mol. The van der Waals surface area contributed by atoms with Crippen molar-refractivity contribution in [2.24, 2.45) is 0 Å². The van der Waals surface area contributed by atoms with Gasteiger partial charge in [0.25, 0.3) is 5.91 Å². The maximum Gasteiger partial charge on any atom is 0.321 e.